The number of aldehydes is 2. The number of likely N-dealkylation sites (N-methyl/N-ethyl adjacent to an activating group) is 1. The predicted octanol–water partition coefficient (Wildman–Crippen LogP) is 3.08. The summed E-state index contributed by atoms with van der Waals surface area (Å²) in [6.07, 6.45) is 1.47. The van der Waals surface area contributed by atoms with Gasteiger partial charge >= 0.3 is 0 Å². The van der Waals surface area contributed by atoms with Crippen LogP contribution in [0, 0.1) is 11.6 Å². The van der Waals surface area contributed by atoms with Gasteiger partial charge < -0.3 is 4.79 Å². The summed E-state index contributed by atoms with van der Waals surface area (Å²) in [4.78, 5) is 23.5. The summed E-state index contributed by atoms with van der Waals surface area (Å²) in [7, 11) is 1.76. The summed E-state index contributed by atoms with van der Waals surface area (Å²) in [5.41, 5.74) is 1.89. The zero-order valence-corrected chi connectivity index (χ0v) is 12.1. The van der Waals surface area contributed by atoms with Crippen LogP contribution >= 0.6 is 0 Å². The molecule has 114 valence electrons. The number of nitrogens with zero attached hydrogens (tertiary/aromatic N) is 1. The average molecular weight is 303 g/mol. The highest BCUT2D eigenvalue weighted by Crippen LogP contribution is 2.25. The molecule has 0 aromatic heterocycles. The molecule has 2 aromatic carbocycles. The lowest BCUT2D eigenvalue weighted by atomic mass is 9.99. The lowest BCUT2D eigenvalue weighted by Gasteiger charge is -2.15. The van der Waals surface area contributed by atoms with Crippen molar-refractivity contribution in [2.45, 2.75) is 6.54 Å². The van der Waals surface area contributed by atoms with Crippen LogP contribution in [0.5, 0.6) is 0 Å². The Labute approximate surface area is 127 Å². The zero-order chi connectivity index (χ0) is 16.1. The van der Waals surface area contributed by atoms with Gasteiger partial charge in [0.15, 0.2) is 0 Å². The third kappa shape index (κ3) is 3.62. The molecule has 5 heteroatoms. The third-order valence-corrected chi connectivity index (χ3v) is 3.34. The number of rotatable bonds is 6. The Bertz CT molecular complexity index is 701. The van der Waals surface area contributed by atoms with Crippen molar-refractivity contribution in [3.05, 3.63) is 59.2 Å². The predicted molar refractivity (Wildman–Crippen MR) is 79.6 cm³/mol. The first-order chi connectivity index (χ1) is 10.5. The summed E-state index contributed by atoms with van der Waals surface area (Å²) in [6.45, 7) is 0.686. The molecule has 0 aliphatic heterocycles. The molecule has 0 bridgehead atoms. The Balaban J connectivity index is 2.36. The van der Waals surface area contributed by atoms with Crippen molar-refractivity contribution in [3.8, 4) is 11.1 Å². The molecule has 0 aliphatic carbocycles. The van der Waals surface area contributed by atoms with Crippen LogP contribution in [0.2, 0.25) is 0 Å². The molecule has 0 saturated heterocycles. The van der Waals surface area contributed by atoms with Crippen LogP contribution < -0.4 is 0 Å². The molecule has 0 amide bonds. The van der Waals surface area contributed by atoms with E-state index in [0.29, 0.717) is 24.0 Å². The molecule has 0 fully saturated rings. The summed E-state index contributed by atoms with van der Waals surface area (Å²) in [5, 5.41) is 0. The summed E-state index contributed by atoms with van der Waals surface area (Å²) < 4.78 is 26.8. The molecular weight excluding hydrogens is 288 g/mol. The Morgan fingerprint density at radius 1 is 1.09 bits per heavy atom. The van der Waals surface area contributed by atoms with Gasteiger partial charge in [-0.2, -0.15) is 0 Å². The quantitative estimate of drug-likeness (QED) is 0.770. The van der Waals surface area contributed by atoms with Gasteiger partial charge in [0.2, 0.25) is 0 Å². The lowest BCUT2D eigenvalue weighted by Crippen LogP contribution is -2.20. The van der Waals surface area contributed by atoms with E-state index in [4.69, 9.17) is 0 Å². The summed E-state index contributed by atoms with van der Waals surface area (Å²) >= 11 is 0. The molecule has 0 heterocycles. The van der Waals surface area contributed by atoms with Crippen molar-refractivity contribution < 1.29 is 18.4 Å². The summed E-state index contributed by atoms with van der Waals surface area (Å²) in [6, 6.07) is 8.27. The van der Waals surface area contributed by atoms with E-state index in [-0.39, 0.29) is 12.1 Å². The second-order valence-corrected chi connectivity index (χ2v) is 5.02. The second-order valence-electron chi connectivity index (χ2n) is 5.02. The van der Waals surface area contributed by atoms with Crippen molar-refractivity contribution in [1.82, 2.24) is 4.90 Å². The van der Waals surface area contributed by atoms with Crippen molar-refractivity contribution in [2.24, 2.45) is 0 Å². The molecule has 0 aliphatic rings. The third-order valence-electron chi connectivity index (χ3n) is 3.34. The first-order valence-electron chi connectivity index (χ1n) is 6.71. The maximum absolute atomic E-state index is 13.8. The molecule has 0 spiro atoms. The molecular formula is C17H15F2NO2. The summed E-state index contributed by atoms with van der Waals surface area (Å²) in [5.74, 6) is -1.33. The van der Waals surface area contributed by atoms with Gasteiger partial charge in [-0.25, -0.2) is 8.78 Å². The van der Waals surface area contributed by atoms with E-state index in [2.05, 4.69) is 0 Å². The van der Waals surface area contributed by atoms with Crippen molar-refractivity contribution >= 4 is 12.6 Å². The number of halogens is 2. The van der Waals surface area contributed by atoms with E-state index in [9.17, 15) is 18.4 Å². The molecule has 22 heavy (non-hydrogen) atoms. The molecule has 0 saturated carbocycles. The maximum Gasteiger partial charge on any atom is 0.150 e. The largest absolute Gasteiger partial charge is 0.302 e. The number of hydrogen-bond acceptors (Lipinski definition) is 3. The average Bonchev–Trinajstić information content (AvgIpc) is 2.48. The van der Waals surface area contributed by atoms with Gasteiger partial charge in [-0.3, -0.25) is 9.69 Å². The number of hydrogen-bond donors (Lipinski definition) is 0. The highest BCUT2D eigenvalue weighted by molar-refractivity contribution is 5.81. The van der Waals surface area contributed by atoms with E-state index < -0.39 is 11.6 Å². The van der Waals surface area contributed by atoms with Crippen LogP contribution in [0.3, 0.4) is 0 Å². The van der Waals surface area contributed by atoms with Crippen molar-refractivity contribution in [1.29, 1.82) is 0 Å². The Morgan fingerprint density at radius 3 is 2.50 bits per heavy atom. The molecule has 3 nitrogen and oxygen atoms in total. The van der Waals surface area contributed by atoms with E-state index >= 15 is 0 Å². The number of carbonyl (C=O) groups excluding carboxylic acids is 2. The topological polar surface area (TPSA) is 37.4 Å². The highest BCUT2D eigenvalue weighted by Gasteiger charge is 2.10. The molecule has 0 unspecified atom stereocenters. The first-order valence-corrected chi connectivity index (χ1v) is 6.71. The molecule has 0 atom stereocenters. The van der Waals surface area contributed by atoms with Gasteiger partial charge in [0, 0.05) is 23.7 Å². The standard InChI is InChI=1S/C17H15F2NO2/c1-20(6-7-21)10-13-3-2-12(8-14(13)11-22)16-5-4-15(18)9-17(16)19/h2-5,7-9,11H,6,10H2,1H3. The first kappa shape index (κ1) is 16.0. The van der Waals surface area contributed by atoms with Gasteiger partial charge in [0.1, 0.15) is 24.2 Å². The van der Waals surface area contributed by atoms with Gasteiger partial charge in [-0.05, 0) is 36.4 Å². The van der Waals surface area contributed by atoms with E-state index in [1.165, 1.54) is 12.1 Å². The van der Waals surface area contributed by atoms with E-state index in [0.717, 1.165) is 17.9 Å². The van der Waals surface area contributed by atoms with Crippen molar-refractivity contribution in [3.63, 3.8) is 0 Å². The fourth-order valence-corrected chi connectivity index (χ4v) is 2.22. The zero-order valence-electron chi connectivity index (χ0n) is 12.1. The number of carbonyl (C=O) groups is 2. The van der Waals surface area contributed by atoms with Crippen LogP contribution in [0.25, 0.3) is 11.1 Å². The Kier molecular flexibility index (Phi) is 5.12. The van der Waals surface area contributed by atoms with Gasteiger partial charge in [0.25, 0.3) is 0 Å². The lowest BCUT2D eigenvalue weighted by molar-refractivity contribution is -0.108. The van der Waals surface area contributed by atoms with Gasteiger partial charge in [0.05, 0.1) is 6.54 Å². The highest BCUT2D eigenvalue weighted by atomic mass is 19.1. The minimum Gasteiger partial charge on any atom is -0.302 e. The maximum atomic E-state index is 13.8. The van der Waals surface area contributed by atoms with Crippen LogP contribution in [0.15, 0.2) is 36.4 Å². The van der Waals surface area contributed by atoms with E-state index in [1.807, 2.05) is 0 Å². The Morgan fingerprint density at radius 2 is 1.86 bits per heavy atom. The fraction of sp³-hybridized carbons (Fsp3) is 0.176. The monoisotopic (exact) mass is 303 g/mol. The van der Waals surface area contributed by atoms with Crippen LogP contribution in [-0.4, -0.2) is 31.1 Å². The normalized spacial score (nSPS) is 10.7. The minimum atomic E-state index is -0.678. The molecule has 2 aromatic rings. The Hall–Kier alpha value is -2.40. The molecule has 0 N–H and O–H groups in total. The molecule has 2 rings (SSSR count). The van der Waals surface area contributed by atoms with Gasteiger partial charge in [-0.15, -0.1) is 0 Å². The fourth-order valence-electron chi connectivity index (χ4n) is 2.22. The van der Waals surface area contributed by atoms with Crippen LogP contribution in [0.4, 0.5) is 8.78 Å². The SMILES string of the molecule is CN(CC=O)Cc1ccc(-c2ccc(F)cc2F)cc1C=O. The van der Waals surface area contributed by atoms with Crippen LogP contribution in [-0.2, 0) is 11.3 Å². The van der Waals surface area contributed by atoms with Crippen molar-refractivity contribution in [2.75, 3.05) is 13.6 Å². The number of benzene rings is 2. The smallest absolute Gasteiger partial charge is 0.150 e. The minimum absolute atomic E-state index is 0.234. The van der Waals surface area contributed by atoms with Gasteiger partial charge in [-0.1, -0.05) is 12.1 Å². The molecule has 0 radical (unpaired) electrons. The van der Waals surface area contributed by atoms with Crippen LogP contribution in [0.1, 0.15) is 15.9 Å². The van der Waals surface area contributed by atoms with E-state index in [1.54, 1.807) is 30.1 Å². The second kappa shape index (κ2) is 7.04.